The molecule has 0 unspecified atom stereocenters. The van der Waals surface area contributed by atoms with Crippen molar-refractivity contribution >= 4 is 15.7 Å². The van der Waals surface area contributed by atoms with E-state index in [4.69, 9.17) is 10.5 Å². The van der Waals surface area contributed by atoms with Gasteiger partial charge < -0.3 is 10.5 Å². The Bertz CT molecular complexity index is 611. The van der Waals surface area contributed by atoms with Gasteiger partial charge in [0.15, 0.2) is 0 Å². The molecular formula is C14H21FN2O3S. The molecule has 1 aliphatic rings. The van der Waals surface area contributed by atoms with E-state index in [1.807, 2.05) is 0 Å². The van der Waals surface area contributed by atoms with E-state index in [-0.39, 0.29) is 10.6 Å². The first-order valence-corrected chi connectivity index (χ1v) is 8.35. The molecule has 2 rings (SSSR count). The number of anilines is 1. The highest BCUT2D eigenvalue weighted by molar-refractivity contribution is 7.89. The molecule has 0 spiro atoms. The standard InChI is InChI=1S/C14H21FN2O3S/c1-10-7-12(15)14(8-13(10)16)21(18,19)17-5-3-11(4-6-17)9-20-2/h7-8,11H,3-6,9,16H2,1-2H3. The Hall–Kier alpha value is -1.18. The monoisotopic (exact) mass is 316 g/mol. The number of methoxy groups -OCH3 is 1. The van der Waals surface area contributed by atoms with Gasteiger partial charge in [0, 0.05) is 32.5 Å². The van der Waals surface area contributed by atoms with E-state index in [1.165, 1.54) is 16.4 Å². The normalized spacial score (nSPS) is 18.0. The number of nitrogen functional groups attached to an aromatic ring is 1. The Morgan fingerprint density at radius 3 is 2.57 bits per heavy atom. The number of halogens is 1. The molecule has 0 atom stereocenters. The lowest BCUT2D eigenvalue weighted by Gasteiger charge is -2.31. The van der Waals surface area contributed by atoms with Crippen LogP contribution in [0.25, 0.3) is 0 Å². The highest BCUT2D eigenvalue weighted by atomic mass is 32.2. The quantitative estimate of drug-likeness (QED) is 0.859. The smallest absolute Gasteiger partial charge is 0.246 e. The number of hydrogen-bond acceptors (Lipinski definition) is 4. The number of piperidine rings is 1. The molecule has 0 saturated carbocycles. The Morgan fingerprint density at radius 1 is 1.38 bits per heavy atom. The average Bonchev–Trinajstić information content (AvgIpc) is 2.43. The van der Waals surface area contributed by atoms with Crippen molar-refractivity contribution in [3.8, 4) is 0 Å². The first kappa shape index (κ1) is 16.2. The van der Waals surface area contributed by atoms with E-state index in [0.29, 0.717) is 31.2 Å². The summed E-state index contributed by atoms with van der Waals surface area (Å²) in [6, 6.07) is 2.38. The van der Waals surface area contributed by atoms with E-state index in [0.717, 1.165) is 12.8 Å². The molecule has 0 radical (unpaired) electrons. The first-order chi connectivity index (χ1) is 9.86. The van der Waals surface area contributed by atoms with Crippen LogP contribution in [0.5, 0.6) is 0 Å². The molecule has 118 valence electrons. The van der Waals surface area contributed by atoms with E-state index >= 15 is 0 Å². The molecule has 7 heteroatoms. The van der Waals surface area contributed by atoms with Gasteiger partial charge in [-0.3, -0.25) is 0 Å². The first-order valence-electron chi connectivity index (χ1n) is 6.91. The summed E-state index contributed by atoms with van der Waals surface area (Å²) in [5, 5.41) is 0. The van der Waals surface area contributed by atoms with Crippen molar-refractivity contribution in [3.05, 3.63) is 23.5 Å². The lowest BCUT2D eigenvalue weighted by molar-refractivity contribution is 0.121. The third-order valence-corrected chi connectivity index (χ3v) is 5.83. The number of nitrogens with zero attached hydrogens (tertiary/aromatic N) is 1. The van der Waals surface area contributed by atoms with Crippen molar-refractivity contribution in [3.63, 3.8) is 0 Å². The van der Waals surface area contributed by atoms with Crippen molar-refractivity contribution in [1.29, 1.82) is 0 Å². The number of ether oxygens (including phenoxy) is 1. The number of sulfonamides is 1. The van der Waals surface area contributed by atoms with Gasteiger partial charge in [-0.15, -0.1) is 0 Å². The summed E-state index contributed by atoms with van der Waals surface area (Å²) in [6.07, 6.45) is 1.44. The van der Waals surface area contributed by atoms with Crippen molar-refractivity contribution in [2.75, 3.05) is 32.5 Å². The molecule has 1 aromatic carbocycles. The van der Waals surface area contributed by atoms with Gasteiger partial charge in [-0.2, -0.15) is 4.31 Å². The van der Waals surface area contributed by atoms with Gasteiger partial charge in [-0.25, -0.2) is 12.8 Å². The van der Waals surface area contributed by atoms with Crippen LogP contribution in [0.4, 0.5) is 10.1 Å². The van der Waals surface area contributed by atoms with Crippen LogP contribution in [0.3, 0.4) is 0 Å². The maximum Gasteiger partial charge on any atom is 0.246 e. The minimum Gasteiger partial charge on any atom is -0.398 e. The Kier molecular flexibility index (Phi) is 4.85. The zero-order valence-corrected chi connectivity index (χ0v) is 13.1. The van der Waals surface area contributed by atoms with Crippen molar-refractivity contribution in [1.82, 2.24) is 4.31 Å². The molecule has 1 saturated heterocycles. The van der Waals surface area contributed by atoms with Crippen molar-refractivity contribution in [2.24, 2.45) is 5.92 Å². The molecule has 1 aliphatic heterocycles. The largest absolute Gasteiger partial charge is 0.398 e. The van der Waals surface area contributed by atoms with E-state index in [9.17, 15) is 12.8 Å². The average molecular weight is 316 g/mol. The molecule has 1 aromatic rings. The number of rotatable bonds is 4. The summed E-state index contributed by atoms with van der Waals surface area (Å²) in [5.74, 6) is -0.393. The summed E-state index contributed by atoms with van der Waals surface area (Å²) in [6.45, 7) is 3.03. The fraction of sp³-hybridized carbons (Fsp3) is 0.571. The molecule has 0 amide bonds. The minimum absolute atomic E-state index is 0.282. The van der Waals surface area contributed by atoms with Crippen LogP contribution in [-0.4, -0.2) is 39.5 Å². The van der Waals surface area contributed by atoms with Gasteiger partial charge >= 0.3 is 0 Å². The SMILES string of the molecule is COCC1CCN(S(=O)(=O)c2cc(N)c(C)cc2F)CC1. The second-order valence-corrected chi connectivity index (χ2v) is 7.35. The van der Waals surface area contributed by atoms with Crippen molar-refractivity contribution in [2.45, 2.75) is 24.7 Å². The van der Waals surface area contributed by atoms with Crippen molar-refractivity contribution < 1.29 is 17.5 Å². The second-order valence-electron chi connectivity index (χ2n) is 5.44. The highest BCUT2D eigenvalue weighted by Gasteiger charge is 2.31. The maximum absolute atomic E-state index is 14.0. The lowest BCUT2D eigenvalue weighted by atomic mass is 9.99. The van der Waals surface area contributed by atoms with Gasteiger partial charge in [0.1, 0.15) is 10.7 Å². The Labute approximate surface area is 124 Å². The van der Waals surface area contributed by atoms with Gasteiger partial charge in [0.2, 0.25) is 10.0 Å². The molecule has 0 bridgehead atoms. The Balaban J connectivity index is 2.22. The molecule has 1 heterocycles. The second kappa shape index (κ2) is 6.29. The fourth-order valence-corrected chi connectivity index (χ4v) is 4.11. The predicted molar refractivity (Wildman–Crippen MR) is 78.9 cm³/mol. The zero-order chi connectivity index (χ0) is 15.6. The Morgan fingerprint density at radius 2 is 2.00 bits per heavy atom. The lowest BCUT2D eigenvalue weighted by Crippen LogP contribution is -2.39. The van der Waals surface area contributed by atoms with Crippen LogP contribution in [0.1, 0.15) is 18.4 Å². The topological polar surface area (TPSA) is 72.6 Å². The number of benzene rings is 1. The molecule has 21 heavy (non-hydrogen) atoms. The molecule has 1 fully saturated rings. The zero-order valence-electron chi connectivity index (χ0n) is 12.3. The molecule has 2 N–H and O–H groups in total. The van der Waals surface area contributed by atoms with E-state index in [1.54, 1.807) is 14.0 Å². The van der Waals surface area contributed by atoms with Crippen LogP contribution in [0.15, 0.2) is 17.0 Å². The summed E-state index contributed by atoms with van der Waals surface area (Å²) < 4.78 is 45.5. The van der Waals surface area contributed by atoms with Crippen LogP contribution in [0.2, 0.25) is 0 Å². The summed E-state index contributed by atoms with van der Waals surface area (Å²) in [7, 11) is -2.20. The number of aryl methyl sites for hydroxylation is 1. The summed E-state index contributed by atoms with van der Waals surface area (Å²) in [5.41, 5.74) is 6.53. The predicted octanol–water partition coefficient (Wildman–Crippen LogP) is 1.76. The molecule has 0 aromatic heterocycles. The van der Waals surface area contributed by atoms with Gasteiger partial charge in [-0.05, 0) is 43.4 Å². The van der Waals surface area contributed by atoms with E-state index in [2.05, 4.69) is 0 Å². The van der Waals surface area contributed by atoms with E-state index < -0.39 is 15.8 Å². The van der Waals surface area contributed by atoms with Crippen LogP contribution in [-0.2, 0) is 14.8 Å². The molecule has 0 aliphatic carbocycles. The highest BCUT2D eigenvalue weighted by Crippen LogP contribution is 2.28. The molecular weight excluding hydrogens is 295 g/mol. The summed E-state index contributed by atoms with van der Waals surface area (Å²) in [4.78, 5) is -0.337. The number of hydrogen-bond donors (Lipinski definition) is 1. The minimum atomic E-state index is -3.83. The van der Waals surface area contributed by atoms with Gasteiger partial charge in [0.25, 0.3) is 0 Å². The van der Waals surface area contributed by atoms with Gasteiger partial charge in [-0.1, -0.05) is 0 Å². The van der Waals surface area contributed by atoms with Crippen LogP contribution < -0.4 is 5.73 Å². The number of nitrogens with two attached hydrogens (primary N) is 1. The maximum atomic E-state index is 14.0. The third kappa shape index (κ3) is 3.36. The molecule has 5 nitrogen and oxygen atoms in total. The fourth-order valence-electron chi connectivity index (χ4n) is 2.56. The van der Waals surface area contributed by atoms with Crippen LogP contribution >= 0.6 is 0 Å². The van der Waals surface area contributed by atoms with Gasteiger partial charge in [0.05, 0.1) is 0 Å². The summed E-state index contributed by atoms with van der Waals surface area (Å²) >= 11 is 0. The van der Waals surface area contributed by atoms with Crippen LogP contribution in [0, 0.1) is 18.7 Å². The third-order valence-electron chi connectivity index (χ3n) is 3.91.